The minimum atomic E-state index is -4.10. The molecular formula is C28H32ClN3O4S. The number of nitrogens with zero attached hydrogens (tertiary/aromatic N) is 2. The van der Waals surface area contributed by atoms with Gasteiger partial charge < -0.3 is 10.2 Å². The highest BCUT2D eigenvalue weighted by molar-refractivity contribution is 7.92. The molecule has 0 aromatic heterocycles. The van der Waals surface area contributed by atoms with Crippen LogP contribution in [-0.2, 0) is 26.0 Å². The molecule has 0 radical (unpaired) electrons. The number of amides is 2. The number of carbonyl (C=O) groups is 2. The van der Waals surface area contributed by atoms with Crippen LogP contribution in [0.1, 0.15) is 25.8 Å². The van der Waals surface area contributed by atoms with Crippen LogP contribution in [0.2, 0.25) is 5.02 Å². The second-order valence-electron chi connectivity index (χ2n) is 8.59. The Labute approximate surface area is 224 Å². The molecule has 0 fully saturated rings. The molecule has 3 aromatic carbocycles. The molecule has 0 aliphatic rings. The Bertz CT molecular complexity index is 1290. The van der Waals surface area contributed by atoms with E-state index in [0.717, 1.165) is 16.3 Å². The van der Waals surface area contributed by atoms with Crippen molar-refractivity contribution in [3.05, 3.63) is 95.5 Å². The fourth-order valence-electron chi connectivity index (χ4n) is 3.85. The number of carbonyl (C=O) groups excluding carboxylic acids is 2. The smallest absolute Gasteiger partial charge is 0.264 e. The fourth-order valence-corrected chi connectivity index (χ4v) is 5.46. The summed E-state index contributed by atoms with van der Waals surface area (Å²) < 4.78 is 28.4. The molecule has 37 heavy (non-hydrogen) atoms. The number of hydrogen-bond donors (Lipinski definition) is 1. The van der Waals surface area contributed by atoms with Crippen LogP contribution in [0.15, 0.2) is 89.8 Å². The van der Waals surface area contributed by atoms with Crippen molar-refractivity contribution in [2.45, 2.75) is 37.6 Å². The Balaban J connectivity index is 1.95. The Morgan fingerprint density at radius 1 is 0.946 bits per heavy atom. The van der Waals surface area contributed by atoms with Gasteiger partial charge in [-0.3, -0.25) is 13.9 Å². The number of nitrogens with one attached hydrogen (secondary N) is 1. The molecule has 0 unspecified atom stereocenters. The predicted octanol–water partition coefficient (Wildman–Crippen LogP) is 4.52. The van der Waals surface area contributed by atoms with Gasteiger partial charge in [-0.1, -0.05) is 73.1 Å². The molecule has 1 N–H and O–H groups in total. The summed E-state index contributed by atoms with van der Waals surface area (Å²) in [6, 6.07) is 23.1. The molecule has 2 amide bonds. The van der Waals surface area contributed by atoms with Crippen LogP contribution in [0, 0.1) is 0 Å². The van der Waals surface area contributed by atoms with Gasteiger partial charge in [0.15, 0.2) is 0 Å². The molecule has 9 heteroatoms. The van der Waals surface area contributed by atoms with Crippen molar-refractivity contribution in [1.82, 2.24) is 10.2 Å². The summed E-state index contributed by atoms with van der Waals surface area (Å²) in [4.78, 5) is 28.1. The number of anilines is 1. The largest absolute Gasteiger partial charge is 0.354 e. The lowest BCUT2D eigenvalue weighted by atomic mass is 10.1. The van der Waals surface area contributed by atoms with Gasteiger partial charge >= 0.3 is 0 Å². The summed E-state index contributed by atoms with van der Waals surface area (Å²) in [5.41, 5.74) is 1.26. The Kier molecular flexibility index (Phi) is 10.1. The lowest BCUT2D eigenvalue weighted by Gasteiger charge is -2.32. The second-order valence-corrected chi connectivity index (χ2v) is 10.9. The van der Waals surface area contributed by atoms with Crippen LogP contribution in [0.3, 0.4) is 0 Å². The van der Waals surface area contributed by atoms with Crippen LogP contribution in [-0.4, -0.2) is 50.8 Å². The van der Waals surface area contributed by atoms with Gasteiger partial charge in [-0.2, -0.15) is 0 Å². The maximum Gasteiger partial charge on any atom is 0.264 e. The van der Waals surface area contributed by atoms with Gasteiger partial charge in [-0.05, 0) is 55.7 Å². The molecule has 0 saturated heterocycles. The van der Waals surface area contributed by atoms with E-state index in [1.54, 1.807) is 43.3 Å². The third kappa shape index (κ3) is 7.57. The average molecular weight is 542 g/mol. The summed E-state index contributed by atoms with van der Waals surface area (Å²) in [6.45, 7) is 3.85. The number of sulfonamides is 1. The highest BCUT2D eigenvalue weighted by Gasteiger charge is 2.32. The highest BCUT2D eigenvalue weighted by Crippen LogP contribution is 2.26. The average Bonchev–Trinajstić information content (AvgIpc) is 2.91. The normalized spacial score (nSPS) is 12.0. The standard InChI is InChI=1S/C28H32ClN3O4S/c1-3-18-30-28(34)22(2)31(19-17-23-11-6-4-7-12-23)27(33)21-32(25-14-10-13-24(29)20-25)37(35,36)26-15-8-5-9-16-26/h4-16,20,22H,3,17-19,21H2,1-2H3,(H,30,34)/t22-/m1/s1. The number of rotatable bonds is 12. The van der Waals surface area contributed by atoms with Crippen molar-refractivity contribution in [2.75, 3.05) is 23.9 Å². The molecule has 0 bridgehead atoms. The van der Waals surface area contributed by atoms with Gasteiger partial charge in [0.05, 0.1) is 10.6 Å². The molecule has 0 aliphatic carbocycles. The summed E-state index contributed by atoms with van der Waals surface area (Å²) in [7, 11) is -4.10. The molecular weight excluding hydrogens is 510 g/mol. The molecule has 3 rings (SSSR count). The van der Waals surface area contributed by atoms with Crippen molar-refractivity contribution < 1.29 is 18.0 Å². The first-order valence-electron chi connectivity index (χ1n) is 12.2. The van der Waals surface area contributed by atoms with E-state index in [1.165, 1.54) is 23.1 Å². The zero-order valence-corrected chi connectivity index (χ0v) is 22.6. The quantitative estimate of drug-likeness (QED) is 0.365. The topological polar surface area (TPSA) is 86.8 Å². The SMILES string of the molecule is CCCNC(=O)[C@@H](C)N(CCc1ccccc1)C(=O)CN(c1cccc(Cl)c1)S(=O)(=O)c1ccccc1. The van der Waals surface area contributed by atoms with Crippen molar-refractivity contribution in [3.8, 4) is 0 Å². The van der Waals surface area contributed by atoms with Crippen LogP contribution < -0.4 is 9.62 Å². The van der Waals surface area contributed by atoms with Gasteiger partial charge in [-0.25, -0.2) is 8.42 Å². The number of benzene rings is 3. The maximum atomic E-state index is 13.7. The molecule has 3 aromatic rings. The van der Waals surface area contributed by atoms with Crippen LogP contribution in [0.25, 0.3) is 0 Å². The summed E-state index contributed by atoms with van der Waals surface area (Å²) >= 11 is 6.17. The van der Waals surface area contributed by atoms with E-state index in [2.05, 4.69) is 5.32 Å². The van der Waals surface area contributed by atoms with E-state index in [0.29, 0.717) is 18.0 Å². The summed E-state index contributed by atoms with van der Waals surface area (Å²) in [5, 5.41) is 3.17. The first-order chi connectivity index (χ1) is 17.7. The van der Waals surface area contributed by atoms with Gasteiger partial charge in [0.25, 0.3) is 10.0 Å². The van der Waals surface area contributed by atoms with Gasteiger partial charge in [-0.15, -0.1) is 0 Å². The van der Waals surface area contributed by atoms with Crippen molar-refractivity contribution in [2.24, 2.45) is 0 Å². The van der Waals surface area contributed by atoms with Gasteiger partial charge in [0.2, 0.25) is 11.8 Å². The van der Waals surface area contributed by atoms with Crippen molar-refractivity contribution >= 4 is 39.1 Å². The minimum Gasteiger partial charge on any atom is -0.354 e. The van der Waals surface area contributed by atoms with Crippen molar-refractivity contribution in [1.29, 1.82) is 0 Å². The van der Waals surface area contributed by atoms with Crippen molar-refractivity contribution in [3.63, 3.8) is 0 Å². The molecule has 7 nitrogen and oxygen atoms in total. The number of hydrogen-bond acceptors (Lipinski definition) is 4. The number of halogens is 1. The lowest BCUT2D eigenvalue weighted by Crippen LogP contribution is -2.52. The second kappa shape index (κ2) is 13.3. The Morgan fingerprint density at radius 2 is 1.59 bits per heavy atom. The molecule has 0 spiro atoms. The van der Waals surface area contributed by atoms with E-state index in [1.807, 2.05) is 37.3 Å². The third-order valence-corrected chi connectivity index (χ3v) is 7.93. The monoisotopic (exact) mass is 541 g/mol. The molecule has 196 valence electrons. The zero-order chi connectivity index (χ0) is 26.8. The molecule has 0 heterocycles. The lowest BCUT2D eigenvalue weighted by molar-refractivity contribution is -0.138. The van der Waals surface area contributed by atoms with E-state index in [-0.39, 0.29) is 23.0 Å². The van der Waals surface area contributed by atoms with E-state index in [4.69, 9.17) is 11.6 Å². The third-order valence-electron chi connectivity index (χ3n) is 5.91. The van der Waals surface area contributed by atoms with Gasteiger partial charge in [0, 0.05) is 18.1 Å². The highest BCUT2D eigenvalue weighted by atomic mass is 35.5. The maximum absolute atomic E-state index is 13.7. The minimum absolute atomic E-state index is 0.0485. The van der Waals surface area contributed by atoms with E-state index >= 15 is 0 Å². The first-order valence-corrected chi connectivity index (χ1v) is 14.0. The first kappa shape index (κ1) is 28.2. The molecule has 1 atom stereocenters. The predicted molar refractivity (Wildman–Crippen MR) is 147 cm³/mol. The fraction of sp³-hybridized carbons (Fsp3) is 0.286. The van der Waals surface area contributed by atoms with Crippen LogP contribution in [0.5, 0.6) is 0 Å². The van der Waals surface area contributed by atoms with E-state index in [9.17, 15) is 18.0 Å². The molecule has 0 saturated carbocycles. The summed E-state index contributed by atoms with van der Waals surface area (Å²) in [5.74, 6) is -0.780. The van der Waals surface area contributed by atoms with Crippen LogP contribution in [0.4, 0.5) is 5.69 Å². The molecule has 0 aliphatic heterocycles. The Hall–Kier alpha value is -3.36. The Morgan fingerprint density at radius 3 is 2.22 bits per heavy atom. The summed E-state index contributed by atoms with van der Waals surface area (Å²) in [6.07, 6.45) is 1.27. The van der Waals surface area contributed by atoms with Gasteiger partial charge in [0.1, 0.15) is 12.6 Å². The van der Waals surface area contributed by atoms with Crippen LogP contribution >= 0.6 is 11.6 Å². The van der Waals surface area contributed by atoms with E-state index < -0.39 is 28.5 Å². The zero-order valence-electron chi connectivity index (χ0n) is 21.0.